The van der Waals surface area contributed by atoms with E-state index in [1.54, 1.807) is 12.4 Å². The molecule has 27 heavy (non-hydrogen) atoms. The molecule has 1 aromatic carbocycles. The first-order valence-corrected chi connectivity index (χ1v) is 8.81. The Kier molecular flexibility index (Phi) is 8.76. The summed E-state index contributed by atoms with van der Waals surface area (Å²) in [6.45, 7) is 4.90. The number of guanidine groups is 1. The van der Waals surface area contributed by atoms with E-state index in [1.165, 1.54) is 11.1 Å². The Labute approximate surface area is 177 Å². The fourth-order valence-corrected chi connectivity index (χ4v) is 2.60. The molecule has 7 heteroatoms. The second kappa shape index (κ2) is 11.3. The number of benzene rings is 1. The summed E-state index contributed by atoms with van der Waals surface area (Å²) in [6, 6.07) is 16.3. The van der Waals surface area contributed by atoms with E-state index in [-0.39, 0.29) is 24.0 Å². The lowest BCUT2D eigenvalue weighted by Crippen LogP contribution is -2.37. The molecule has 0 fully saturated rings. The lowest BCUT2D eigenvalue weighted by Gasteiger charge is -2.11. The average Bonchev–Trinajstić information content (AvgIpc) is 3.18. The van der Waals surface area contributed by atoms with Crippen LogP contribution in [0.5, 0.6) is 0 Å². The molecule has 0 aliphatic carbocycles. The van der Waals surface area contributed by atoms with Gasteiger partial charge in [-0.25, -0.2) is 4.99 Å². The molecule has 0 atom stereocenters. The van der Waals surface area contributed by atoms with Crippen molar-refractivity contribution < 1.29 is 0 Å². The molecule has 0 unspecified atom stereocenters. The monoisotopic (exact) mass is 476 g/mol. The summed E-state index contributed by atoms with van der Waals surface area (Å²) in [5.74, 6) is 0.788. The average molecular weight is 476 g/mol. The maximum absolute atomic E-state index is 4.68. The summed E-state index contributed by atoms with van der Waals surface area (Å²) in [5.41, 5.74) is 3.37. The van der Waals surface area contributed by atoms with Gasteiger partial charge in [-0.2, -0.15) is 5.10 Å². The predicted molar refractivity (Wildman–Crippen MR) is 119 cm³/mol. The molecule has 0 aliphatic heterocycles. The number of hydrogen-bond donors (Lipinski definition) is 2. The number of nitrogens with zero attached hydrogens (tertiary/aromatic N) is 4. The summed E-state index contributed by atoms with van der Waals surface area (Å²) < 4.78 is 1.92. The first-order valence-electron chi connectivity index (χ1n) is 8.81. The zero-order valence-corrected chi connectivity index (χ0v) is 17.7. The highest BCUT2D eigenvalue weighted by atomic mass is 127. The largest absolute Gasteiger partial charge is 0.357 e. The van der Waals surface area contributed by atoms with Crippen molar-refractivity contribution in [3.63, 3.8) is 0 Å². The zero-order valence-electron chi connectivity index (χ0n) is 15.4. The first kappa shape index (κ1) is 20.9. The number of nitrogens with one attached hydrogen (secondary N) is 2. The van der Waals surface area contributed by atoms with Gasteiger partial charge in [-0.1, -0.05) is 30.3 Å². The van der Waals surface area contributed by atoms with Gasteiger partial charge in [0.15, 0.2) is 5.96 Å². The minimum atomic E-state index is 0. The molecule has 0 spiro atoms. The third-order valence-electron chi connectivity index (χ3n) is 3.82. The van der Waals surface area contributed by atoms with Crippen molar-refractivity contribution in [3.05, 3.63) is 83.9 Å². The fraction of sp³-hybridized carbons (Fsp3) is 0.250. The second-order valence-electron chi connectivity index (χ2n) is 5.89. The number of pyridine rings is 1. The molecule has 3 aromatic rings. The van der Waals surface area contributed by atoms with Gasteiger partial charge in [-0.3, -0.25) is 9.67 Å². The van der Waals surface area contributed by atoms with E-state index >= 15 is 0 Å². The topological polar surface area (TPSA) is 67.1 Å². The second-order valence-corrected chi connectivity index (χ2v) is 5.89. The Hall–Kier alpha value is -2.42. The number of aromatic nitrogens is 3. The molecule has 3 rings (SSSR count). The van der Waals surface area contributed by atoms with E-state index < -0.39 is 0 Å². The van der Waals surface area contributed by atoms with Gasteiger partial charge in [0.05, 0.1) is 25.3 Å². The summed E-state index contributed by atoms with van der Waals surface area (Å²) >= 11 is 0. The zero-order chi connectivity index (χ0) is 18.0. The van der Waals surface area contributed by atoms with Crippen LogP contribution in [0.1, 0.15) is 23.7 Å². The summed E-state index contributed by atoms with van der Waals surface area (Å²) in [4.78, 5) is 9.00. The molecule has 2 N–H and O–H groups in total. The van der Waals surface area contributed by atoms with Crippen LogP contribution >= 0.6 is 24.0 Å². The van der Waals surface area contributed by atoms with Crippen molar-refractivity contribution in [1.82, 2.24) is 25.4 Å². The van der Waals surface area contributed by atoms with Crippen LogP contribution in [0.25, 0.3) is 0 Å². The molecule has 0 saturated heterocycles. The maximum Gasteiger partial charge on any atom is 0.191 e. The quantitative estimate of drug-likeness (QED) is 0.312. The highest BCUT2D eigenvalue weighted by Gasteiger charge is 2.01. The minimum Gasteiger partial charge on any atom is -0.357 e. The van der Waals surface area contributed by atoms with Crippen LogP contribution in [0.3, 0.4) is 0 Å². The van der Waals surface area contributed by atoms with Gasteiger partial charge in [0, 0.05) is 25.1 Å². The van der Waals surface area contributed by atoms with Crippen molar-refractivity contribution in [2.24, 2.45) is 4.99 Å². The van der Waals surface area contributed by atoms with E-state index in [1.807, 2.05) is 35.1 Å². The highest BCUT2D eigenvalue weighted by molar-refractivity contribution is 14.0. The predicted octanol–water partition coefficient (Wildman–Crippen LogP) is 3.20. The first-order chi connectivity index (χ1) is 12.8. The van der Waals surface area contributed by atoms with Gasteiger partial charge >= 0.3 is 0 Å². The summed E-state index contributed by atoms with van der Waals surface area (Å²) in [5, 5.41) is 10.8. The van der Waals surface area contributed by atoms with Gasteiger partial charge in [-0.15, -0.1) is 24.0 Å². The molecular formula is C20H25IN6. The fourth-order valence-electron chi connectivity index (χ4n) is 2.60. The van der Waals surface area contributed by atoms with Crippen LogP contribution in [-0.4, -0.2) is 27.3 Å². The van der Waals surface area contributed by atoms with Crippen molar-refractivity contribution in [2.45, 2.75) is 26.6 Å². The third-order valence-corrected chi connectivity index (χ3v) is 3.82. The van der Waals surface area contributed by atoms with E-state index in [0.717, 1.165) is 24.7 Å². The number of halogens is 1. The molecule has 2 aromatic heterocycles. The van der Waals surface area contributed by atoms with Crippen LogP contribution in [0.2, 0.25) is 0 Å². The van der Waals surface area contributed by atoms with Gasteiger partial charge in [-0.05, 0) is 36.2 Å². The van der Waals surface area contributed by atoms with Crippen LogP contribution < -0.4 is 10.6 Å². The molecule has 0 bridgehead atoms. The van der Waals surface area contributed by atoms with Crippen molar-refractivity contribution in [1.29, 1.82) is 0 Å². The Morgan fingerprint density at radius 1 is 1.04 bits per heavy atom. The molecule has 0 saturated carbocycles. The van der Waals surface area contributed by atoms with Crippen LogP contribution in [0.4, 0.5) is 0 Å². The molecule has 2 heterocycles. The summed E-state index contributed by atoms with van der Waals surface area (Å²) in [6.07, 6.45) is 5.56. The van der Waals surface area contributed by atoms with E-state index in [0.29, 0.717) is 13.1 Å². The lowest BCUT2D eigenvalue weighted by atomic mass is 10.1. The molecule has 6 nitrogen and oxygen atoms in total. The molecule has 142 valence electrons. The molecule has 0 amide bonds. The van der Waals surface area contributed by atoms with E-state index in [2.05, 4.69) is 56.9 Å². The van der Waals surface area contributed by atoms with E-state index in [9.17, 15) is 0 Å². The Bertz CT molecular complexity index is 818. The number of hydrogen-bond acceptors (Lipinski definition) is 3. The maximum atomic E-state index is 4.68. The third kappa shape index (κ3) is 7.01. The Balaban J connectivity index is 0.00000261. The van der Waals surface area contributed by atoms with Gasteiger partial charge in [0.2, 0.25) is 0 Å². The van der Waals surface area contributed by atoms with Crippen LogP contribution in [0.15, 0.2) is 72.1 Å². The number of rotatable bonds is 7. The smallest absolute Gasteiger partial charge is 0.191 e. The van der Waals surface area contributed by atoms with Gasteiger partial charge in [0.1, 0.15) is 0 Å². The molecule has 0 aliphatic rings. The highest BCUT2D eigenvalue weighted by Crippen LogP contribution is 2.08. The standard InChI is InChI=1S/C20H24N6.HI/c1-2-21-20(24-15-19-9-3-4-10-22-19)23-14-17-7-5-8-18(13-17)16-26-12-6-11-25-26;/h3-13H,2,14-16H2,1H3,(H2,21,23,24);1H. The Morgan fingerprint density at radius 3 is 2.67 bits per heavy atom. The van der Waals surface area contributed by atoms with Crippen molar-refractivity contribution in [2.75, 3.05) is 6.54 Å². The lowest BCUT2D eigenvalue weighted by molar-refractivity contribution is 0.686. The summed E-state index contributed by atoms with van der Waals surface area (Å²) in [7, 11) is 0. The van der Waals surface area contributed by atoms with Crippen molar-refractivity contribution >= 4 is 29.9 Å². The van der Waals surface area contributed by atoms with Crippen LogP contribution in [-0.2, 0) is 19.6 Å². The van der Waals surface area contributed by atoms with Gasteiger partial charge < -0.3 is 10.6 Å². The normalized spacial score (nSPS) is 10.9. The minimum absolute atomic E-state index is 0. The van der Waals surface area contributed by atoms with Crippen LogP contribution in [0, 0.1) is 0 Å². The Morgan fingerprint density at radius 2 is 1.93 bits per heavy atom. The molecule has 0 radical (unpaired) electrons. The number of aliphatic imine (C=N–C) groups is 1. The van der Waals surface area contributed by atoms with E-state index in [4.69, 9.17) is 0 Å². The SMILES string of the molecule is CCNC(=NCc1cccc(Cn2cccn2)c1)NCc1ccccn1.I. The van der Waals surface area contributed by atoms with Gasteiger partial charge in [0.25, 0.3) is 0 Å². The molecular weight excluding hydrogens is 451 g/mol. The van der Waals surface area contributed by atoms with Crippen molar-refractivity contribution in [3.8, 4) is 0 Å².